The van der Waals surface area contributed by atoms with E-state index in [0.717, 1.165) is 11.5 Å². The summed E-state index contributed by atoms with van der Waals surface area (Å²) in [5.41, 5.74) is 7.18. The summed E-state index contributed by atoms with van der Waals surface area (Å²) in [6, 6.07) is 9.20. The predicted octanol–water partition coefficient (Wildman–Crippen LogP) is 1.21. The van der Waals surface area contributed by atoms with E-state index in [1.165, 1.54) is 0 Å². The Bertz CT molecular complexity index is 570. The van der Waals surface area contributed by atoms with E-state index >= 15 is 0 Å². The number of amidine groups is 1. The zero-order valence-electron chi connectivity index (χ0n) is 10.6. The molecule has 6 nitrogen and oxygen atoms in total. The van der Waals surface area contributed by atoms with Crippen molar-refractivity contribution in [2.24, 2.45) is 10.9 Å². The highest BCUT2D eigenvalue weighted by molar-refractivity contribution is 5.97. The average molecular weight is 257 g/mol. The first-order valence-corrected chi connectivity index (χ1v) is 5.75. The number of rotatable bonds is 4. The van der Waals surface area contributed by atoms with Gasteiger partial charge in [-0.3, -0.25) is 0 Å². The molecule has 0 saturated heterocycles. The van der Waals surface area contributed by atoms with Gasteiger partial charge in [0.1, 0.15) is 5.82 Å². The van der Waals surface area contributed by atoms with Crippen LogP contribution in [0.15, 0.2) is 47.9 Å². The molecule has 0 aliphatic rings. The zero-order valence-corrected chi connectivity index (χ0v) is 10.6. The third kappa shape index (κ3) is 3.19. The van der Waals surface area contributed by atoms with E-state index in [4.69, 9.17) is 10.9 Å². The fourth-order valence-corrected chi connectivity index (χ4v) is 1.68. The van der Waals surface area contributed by atoms with Crippen molar-refractivity contribution in [3.05, 3.63) is 54.1 Å². The van der Waals surface area contributed by atoms with Gasteiger partial charge >= 0.3 is 0 Å². The van der Waals surface area contributed by atoms with Crippen LogP contribution in [0.5, 0.6) is 0 Å². The van der Waals surface area contributed by atoms with E-state index in [-0.39, 0.29) is 5.84 Å². The van der Waals surface area contributed by atoms with Crippen molar-refractivity contribution in [1.82, 2.24) is 9.97 Å². The van der Waals surface area contributed by atoms with Crippen LogP contribution in [0.25, 0.3) is 0 Å². The SMILES string of the molecule is CN(Cc1ncccn1)c1cccc(C(N)=NO)c1. The fourth-order valence-electron chi connectivity index (χ4n) is 1.68. The molecule has 6 heteroatoms. The number of oxime groups is 1. The van der Waals surface area contributed by atoms with Gasteiger partial charge in [0.15, 0.2) is 5.84 Å². The summed E-state index contributed by atoms with van der Waals surface area (Å²) in [6.45, 7) is 0.584. The van der Waals surface area contributed by atoms with Gasteiger partial charge < -0.3 is 15.8 Å². The molecule has 0 bridgehead atoms. The van der Waals surface area contributed by atoms with Crippen molar-refractivity contribution in [2.45, 2.75) is 6.54 Å². The maximum Gasteiger partial charge on any atom is 0.170 e. The molecular weight excluding hydrogens is 242 g/mol. The van der Waals surface area contributed by atoms with E-state index in [1.807, 2.05) is 30.1 Å². The highest BCUT2D eigenvalue weighted by Crippen LogP contribution is 2.16. The molecule has 0 aliphatic heterocycles. The first kappa shape index (κ1) is 12.8. The predicted molar refractivity (Wildman–Crippen MR) is 73.1 cm³/mol. The normalized spacial score (nSPS) is 11.3. The Labute approximate surface area is 111 Å². The molecule has 19 heavy (non-hydrogen) atoms. The van der Waals surface area contributed by atoms with Crippen LogP contribution < -0.4 is 10.6 Å². The second kappa shape index (κ2) is 5.81. The molecule has 1 heterocycles. The van der Waals surface area contributed by atoms with Gasteiger partial charge in [-0.15, -0.1) is 0 Å². The quantitative estimate of drug-likeness (QED) is 0.372. The van der Waals surface area contributed by atoms with E-state index in [9.17, 15) is 0 Å². The largest absolute Gasteiger partial charge is 0.409 e. The van der Waals surface area contributed by atoms with Gasteiger partial charge in [-0.2, -0.15) is 0 Å². The smallest absolute Gasteiger partial charge is 0.170 e. The summed E-state index contributed by atoms with van der Waals surface area (Å²) in [6.07, 6.45) is 3.42. The topological polar surface area (TPSA) is 87.6 Å². The molecule has 0 radical (unpaired) electrons. The summed E-state index contributed by atoms with van der Waals surface area (Å²) in [7, 11) is 1.93. The van der Waals surface area contributed by atoms with Crippen LogP contribution in [0, 0.1) is 0 Å². The van der Waals surface area contributed by atoms with Crippen LogP contribution in [0.3, 0.4) is 0 Å². The third-order valence-corrected chi connectivity index (χ3v) is 2.69. The van der Waals surface area contributed by atoms with Crippen LogP contribution >= 0.6 is 0 Å². The fraction of sp³-hybridized carbons (Fsp3) is 0.154. The summed E-state index contributed by atoms with van der Waals surface area (Å²) in [4.78, 5) is 10.3. The second-order valence-electron chi connectivity index (χ2n) is 4.06. The van der Waals surface area contributed by atoms with Crippen molar-refractivity contribution >= 4 is 11.5 Å². The van der Waals surface area contributed by atoms with E-state index in [1.54, 1.807) is 24.5 Å². The number of hydrogen-bond acceptors (Lipinski definition) is 5. The minimum absolute atomic E-state index is 0.0891. The number of nitrogens with two attached hydrogens (primary N) is 1. The molecule has 0 unspecified atom stereocenters. The zero-order chi connectivity index (χ0) is 13.7. The number of benzene rings is 1. The van der Waals surface area contributed by atoms with Crippen LogP contribution in [0.2, 0.25) is 0 Å². The Morgan fingerprint density at radius 1 is 1.32 bits per heavy atom. The molecule has 0 fully saturated rings. The van der Waals surface area contributed by atoms with Crippen molar-refractivity contribution < 1.29 is 5.21 Å². The summed E-state index contributed by atoms with van der Waals surface area (Å²) < 4.78 is 0. The lowest BCUT2D eigenvalue weighted by atomic mass is 10.2. The Morgan fingerprint density at radius 3 is 2.74 bits per heavy atom. The Morgan fingerprint density at radius 2 is 2.05 bits per heavy atom. The van der Waals surface area contributed by atoms with Crippen LogP contribution in [0.4, 0.5) is 5.69 Å². The molecule has 1 aromatic heterocycles. The van der Waals surface area contributed by atoms with E-state index < -0.39 is 0 Å². The lowest BCUT2D eigenvalue weighted by Gasteiger charge is -2.18. The summed E-state index contributed by atoms with van der Waals surface area (Å²) in [5.74, 6) is 0.824. The number of hydrogen-bond donors (Lipinski definition) is 2. The molecule has 3 N–H and O–H groups in total. The Balaban J connectivity index is 2.17. The number of aromatic nitrogens is 2. The Kier molecular flexibility index (Phi) is 3.92. The molecule has 0 spiro atoms. The van der Waals surface area contributed by atoms with Crippen LogP contribution in [-0.2, 0) is 6.54 Å². The molecule has 0 atom stereocenters. The highest BCUT2D eigenvalue weighted by atomic mass is 16.4. The number of nitrogens with zero attached hydrogens (tertiary/aromatic N) is 4. The highest BCUT2D eigenvalue weighted by Gasteiger charge is 2.06. The van der Waals surface area contributed by atoms with Gasteiger partial charge in [0.05, 0.1) is 6.54 Å². The van der Waals surface area contributed by atoms with Gasteiger partial charge in [-0.05, 0) is 18.2 Å². The van der Waals surface area contributed by atoms with Crippen molar-refractivity contribution in [2.75, 3.05) is 11.9 Å². The summed E-state index contributed by atoms with van der Waals surface area (Å²) >= 11 is 0. The maximum atomic E-state index is 8.68. The van der Waals surface area contributed by atoms with E-state index in [0.29, 0.717) is 12.1 Å². The minimum Gasteiger partial charge on any atom is -0.409 e. The third-order valence-electron chi connectivity index (χ3n) is 2.69. The first-order chi connectivity index (χ1) is 9.20. The second-order valence-corrected chi connectivity index (χ2v) is 4.06. The standard InChI is InChI=1S/C13H15N5O/c1-18(9-12-15-6-3-7-16-12)11-5-2-4-10(8-11)13(14)17-19/h2-8,19H,9H2,1H3,(H2,14,17). The van der Waals surface area contributed by atoms with Gasteiger partial charge in [0.25, 0.3) is 0 Å². The number of anilines is 1. The van der Waals surface area contributed by atoms with E-state index in [2.05, 4.69) is 15.1 Å². The molecule has 98 valence electrons. The molecule has 0 aliphatic carbocycles. The van der Waals surface area contributed by atoms with Crippen molar-refractivity contribution in [1.29, 1.82) is 0 Å². The average Bonchev–Trinajstić information content (AvgIpc) is 2.47. The van der Waals surface area contributed by atoms with Gasteiger partial charge in [0, 0.05) is 30.7 Å². The molecule has 1 aromatic carbocycles. The van der Waals surface area contributed by atoms with Crippen molar-refractivity contribution in [3.63, 3.8) is 0 Å². The molecular formula is C13H15N5O. The van der Waals surface area contributed by atoms with Crippen molar-refractivity contribution in [3.8, 4) is 0 Å². The summed E-state index contributed by atoms with van der Waals surface area (Å²) in [5, 5.41) is 11.7. The molecule has 2 aromatic rings. The minimum atomic E-state index is 0.0891. The van der Waals surface area contributed by atoms with Crippen LogP contribution in [0.1, 0.15) is 11.4 Å². The van der Waals surface area contributed by atoms with Gasteiger partial charge in [-0.1, -0.05) is 17.3 Å². The molecule has 0 amide bonds. The van der Waals surface area contributed by atoms with Crippen LogP contribution in [-0.4, -0.2) is 28.1 Å². The Hall–Kier alpha value is -2.63. The monoisotopic (exact) mass is 257 g/mol. The molecule has 0 saturated carbocycles. The van der Waals surface area contributed by atoms with Gasteiger partial charge in [0.2, 0.25) is 0 Å². The lowest BCUT2D eigenvalue weighted by molar-refractivity contribution is 0.318. The lowest BCUT2D eigenvalue weighted by Crippen LogP contribution is -2.19. The molecule has 2 rings (SSSR count). The first-order valence-electron chi connectivity index (χ1n) is 5.75. The van der Waals surface area contributed by atoms with Gasteiger partial charge in [-0.25, -0.2) is 9.97 Å². The maximum absolute atomic E-state index is 8.68.